The Hall–Kier alpha value is -4.54. The van der Waals surface area contributed by atoms with E-state index in [0.29, 0.717) is 28.2 Å². The van der Waals surface area contributed by atoms with E-state index in [1.807, 2.05) is 30.3 Å². The number of benzene rings is 1. The van der Waals surface area contributed by atoms with Gasteiger partial charge in [-0.3, -0.25) is 4.98 Å². The number of rotatable bonds is 5. The molecule has 0 aliphatic carbocycles. The van der Waals surface area contributed by atoms with Crippen LogP contribution in [0.2, 0.25) is 0 Å². The van der Waals surface area contributed by atoms with Crippen molar-refractivity contribution in [1.82, 2.24) is 29.9 Å². The Bertz CT molecular complexity index is 1480. The lowest BCUT2D eigenvalue weighted by atomic mass is 10.0. The second-order valence-corrected chi connectivity index (χ2v) is 7.24. The second-order valence-electron chi connectivity index (χ2n) is 7.24. The zero-order chi connectivity index (χ0) is 22.9. The summed E-state index contributed by atoms with van der Waals surface area (Å²) in [5, 5.41) is 10.9. The summed E-state index contributed by atoms with van der Waals surface area (Å²) in [7, 11) is 0. The maximum atomic E-state index is 13.2. The first-order valence-corrected chi connectivity index (χ1v) is 9.92. The zero-order valence-electron chi connectivity index (χ0n) is 17.1. The quantitative estimate of drug-likeness (QED) is 0.399. The third kappa shape index (κ3) is 3.69. The topological polar surface area (TPSA) is 119 Å². The van der Waals surface area contributed by atoms with Crippen molar-refractivity contribution in [3.8, 4) is 22.4 Å². The highest BCUT2D eigenvalue weighted by Gasteiger charge is 2.26. The lowest BCUT2D eigenvalue weighted by Crippen LogP contribution is -2.44. The first-order valence-electron chi connectivity index (χ1n) is 9.92. The molecule has 33 heavy (non-hydrogen) atoms. The van der Waals surface area contributed by atoms with Crippen LogP contribution in [0.15, 0.2) is 71.9 Å². The highest BCUT2D eigenvalue weighted by atomic mass is 19.3. The SMILES string of the molecule is Nc1nc(-c2ccccc2)c(-c2ccnnc2)c2[nH]n(Cc3ccc(C(F)F)cn3)c(=O)[n+]12. The van der Waals surface area contributed by atoms with Gasteiger partial charge in [-0.1, -0.05) is 30.3 Å². The van der Waals surface area contributed by atoms with Crippen LogP contribution in [0, 0.1) is 0 Å². The van der Waals surface area contributed by atoms with E-state index in [1.165, 1.54) is 21.2 Å². The molecule has 1 aromatic carbocycles. The highest BCUT2D eigenvalue weighted by molar-refractivity contribution is 5.88. The van der Waals surface area contributed by atoms with Crippen molar-refractivity contribution in [2.24, 2.45) is 0 Å². The molecule has 0 atom stereocenters. The third-order valence-electron chi connectivity index (χ3n) is 5.16. The molecule has 0 fully saturated rings. The van der Waals surface area contributed by atoms with Crippen molar-refractivity contribution in [1.29, 1.82) is 0 Å². The standard InChI is InChI=1S/C22H16F2N8O/c23-19(24)15-6-7-16(26-10-15)12-31-22(33)32-20(30-31)17(14-8-9-27-28-11-14)18(29-21(32)25)13-4-2-1-3-5-13/h1-11,19H,12H2,(H2,25,27,29,30)/p+1. The van der Waals surface area contributed by atoms with Gasteiger partial charge in [0, 0.05) is 22.9 Å². The largest absolute Gasteiger partial charge is 0.428 e. The van der Waals surface area contributed by atoms with E-state index < -0.39 is 12.1 Å². The third-order valence-corrected chi connectivity index (χ3v) is 5.16. The average molecular weight is 447 g/mol. The fraction of sp³-hybridized carbons (Fsp3) is 0.0909. The molecule has 0 aliphatic rings. The fourth-order valence-electron chi connectivity index (χ4n) is 3.60. The van der Waals surface area contributed by atoms with E-state index in [2.05, 4.69) is 25.3 Å². The second kappa shape index (κ2) is 8.19. The minimum absolute atomic E-state index is 0.00405. The highest BCUT2D eigenvalue weighted by Crippen LogP contribution is 2.31. The lowest BCUT2D eigenvalue weighted by Gasteiger charge is -2.07. The molecule has 164 valence electrons. The number of aromatic nitrogens is 7. The van der Waals surface area contributed by atoms with E-state index in [1.54, 1.807) is 18.5 Å². The van der Waals surface area contributed by atoms with Gasteiger partial charge < -0.3 is 5.73 Å². The number of nitrogen functional groups attached to an aromatic ring is 1. The van der Waals surface area contributed by atoms with Gasteiger partial charge in [0.2, 0.25) is 5.65 Å². The van der Waals surface area contributed by atoms with E-state index >= 15 is 0 Å². The van der Waals surface area contributed by atoms with E-state index in [9.17, 15) is 13.6 Å². The number of halogens is 2. The molecule has 5 rings (SSSR count). The summed E-state index contributed by atoms with van der Waals surface area (Å²) in [6.45, 7) is 0.0260. The Kier molecular flexibility index (Phi) is 5.05. The Balaban J connectivity index is 1.71. The maximum absolute atomic E-state index is 13.2. The number of nitrogens with two attached hydrogens (primary N) is 1. The Morgan fingerprint density at radius 3 is 2.52 bits per heavy atom. The molecule has 9 nitrogen and oxygen atoms in total. The van der Waals surface area contributed by atoms with Crippen LogP contribution >= 0.6 is 0 Å². The minimum Gasteiger partial charge on any atom is -0.319 e. The van der Waals surface area contributed by atoms with Gasteiger partial charge in [0.05, 0.1) is 23.7 Å². The molecular weight excluding hydrogens is 430 g/mol. The predicted molar refractivity (Wildman–Crippen MR) is 115 cm³/mol. The summed E-state index contributed by atoms with van der Waals surface area (Å²) in [5.74, 6) is -0.00405. The predicted octanol–water partition coefficient (Wildman–Crippen LogP) is 2.40. The molecule has 0 amide bonds. The normalized spacial score (nSPS) is 11.4. The van der Waals surface area contributed by atoms with Crippen LogP contribution < -0.4 is 15.8 Å². The smallest absolute Gasteiger partial charge is 0.319 e. The van der Waals surface area contributed by atoms with Crippen molar-refractivity contribution in [2.75, 3.05) is 5.73 Å². The molecular formula is C22H17F2N8O+. The molecule has 4 heterocycles. The zero-order valence-corrected chi connectivity index (χ0v) is 17.1. The van der Waals surface area contributed by atoms with Crippen molar-refractivity contribution in [3.63, 3.8) is 0 Å². The number of hydrogen-bond acceptors (Lipinski definition) is 6. The van der Waals surface area contributed by atoms with Crippen molar-refractivity contribution in [2.45, 2.75) is 13.0 Å². The number of H-pyrrole nitrogens is 1. The summed E-state index contributed by atoms with van der Waals surface area (Å²) in [6.07, 6.45) is 1.59. The van der Waals surface area contributed by atoms with Gasteiger partial charge in [-0.05, 0) is 18.2 Å². The molecule has 0 saturated heterocycles. The molecule has 0 aliphatic heterocycles. The summed E-state index contributed by atoms with van der Waals surface area (Å²) >= 11 is 0. The monoisotopic (exact) mass is 447 g/mol. The Morgan fingerprint density at radius 1 is 1.03 bits per heavy atom. The van der Waals surface area contributed by atoms with Gasteiger partial charge in [0.15, 0.2) is 0 Å². The van der Waals surface area contributed by atoms with Gasteiger partial charge in [-0.15, -0.1) is 9.38 Å². The van der Waals surface area contributed by atoms with Gasteiger partial charge in [0.1, 0.15) is 12.2 Å². The maximum Gasteiger partial charge on any atom is 0.428 e. The van der Waals surface area contributed by atoms with Crippen LogP contribution in [0.3, 0.4) is 0 Å². The first kappa shape index (κ1) is 20.4. The minimum atomic E-state index is -2.61. The van der Waals surface area contributed by atoms with Crippen LogP contribution in [0.25, 0.3) is 28.0 Å². The van der Waals surface area contributed by atoms with Crippen LogP contribution in [0.4, 0.5) is 14.7 Å². The number of anilines is 1. The number of nitrogens with zero attached hydrogens (tertiary/aromatic N) is 6. The molecule has 0 saturated carbocycles. The van der Waals surface area contributed by atoms with Crippen LogP contribution in [-0.4, -0.2) is 29.9 Å². The van der Waals surface area contributed by atoms with Gasteiger partial charge in [0.25, 0.3) is 6.43 Å². The Labute approximate surface area is 185 Å². The van der Waals surface area contributed by atoms with Crippen LogP contribution in [0.1, 0.15) is 17.7 Å². The Morgan fingerprint density at radius 2 is 1.85 bits per heavy atom. The van der Waals surface area contributed by atoms with Gasteiger partial charge in [-0.25, -0.2) is 18.7 Å². The molecule has 0 unspecified atom stereocenters. The lowest BCUT2D eigenvalue weighted by molar-refractivity contribution is -0.516. The number of hydrogen-bond donors (Lipinski definition) is 2. The number of nitrogens with one attached hydrogen (secondary N) is 1. The summed E-state index contributed by atoms with van der Waals surface area (Å²) in [4.78, 5) is 21.7. The molecule has 11 heteroatoms. The molecule has 4 aromatic heterocycles. The number of fused-ring (bicyclic) bond motifs is 1. The fourth-order valence-corrected chi connectivity index (χ4v) is 3.60. The number of aromatic amines is 1. The summed E-state index contributed by atoms with van der Waals surface area (Å²) in [5.41, 5.74) is 9.02. The van der Waals surface area contributed by atoms with E-state index in [4.69, 9.17) is 5.73 Å². The van der Waals surface area contributed by atoms with E-state index in [0.717, 1.165) is 11.8 Å². The molecule has 3 N–H and O–H groups in total. The molecule has 0 bridgehead atoms. The van der Waals surface area contributed by atoms with E-state index in [-0.39, 0.29) is 18.1 Å². The molecule has 0 spiro atoms. The molecule has 0 radical (unpaired) electrons. The van der Waals surface area contributed by atoms with Crippen molar-refractivity contribution < 1.29 is 13.2 Å². The summed E-state index contributed by atoms with van der Waals surface area (Å²) < 4.78 is 28.2. The number of alkyl halides is 2. The summed E-state index contributed by atoms with van der Waals surface area (Å²) in [6, 6.07) is 13.9. The van der Waals surface area contributed by atoms with Crippen molar-refractivity contribution >= 4 is 11.6 Å². The molecule has 5 aromatic rings. The van der Waals surface area contributed by atoms with Crippen LogP contribution in [0.5, 0.6) is 0 Å². The van der Waals surface area contributed by atoms with Crippen LogP contribution in [-0.2, 0) is 6.54 Å². The first-order chi connectivity index (χ1) is 16.0. The number of pyridine rings is 1. The average Bonchev–Trinajstić information content (AvgIpc) is 3.16. The van der Waals surface area contributed by atoms with Gasteiger partial charge in [-0.2, -0.15) is 14.9 Å². The van der Waals surface area contributed by atoms with Crippen molar-refractivity contribution in [3.05, 3.63) is 88.9 Å². The van der Waals surface area contributed by atoms with Gasteiger partial charge >= 0.3 is 11.6 Å².